The topological polar surface area (TPSA) is 75.9 Å². The molecule has 19 heavy (non-hydrogen) atoms. The second kappa shape index (κ2) is 4.28. The fraction of sp³-hybridized carbons (Fsp3) is 0. The van der Waals surface area contributed by atoms with Crippen LogP contribution in [0, 0.1) is 5.41 Å². The van der Waals surface area contributed by atoms with Gasteiger partial charge in [-0.25, -0.2) is 0 Å². The number of hydrogen-bond donors (Lipinski definition) is 3. The van der Waals surface area contributed by atoms with E-state index in [1.165, 1.54) is 8.79 Å². The first-order valence-corrected chi connectivity index (χ1v) is 9.09. The number of nitrogens with two attached hydrogens (primary N) is 2. The van der Waals surface area contributed by atoms with Gasteiger partial charge in [0.05, 0.1) is 0 Å². The van der Waals surface area contributed by atoms with Crippen molar-refractivity contribution in [1.29, 1.82) is 5.41 Å². The van der Waals surface area contributed by atoms with Gasteiger partial charge in [-0.1, -0.05) is 0 Å². The summed E-state index contributed by atoms with van der Waals surface area (Å²) < 4.78 is 2.52. The van der Waals surface area contributed by atoms with Crippen LogP contribution in [0.1, 0.15) is 16.7 Å². The summed E-state index contributed by atoms with van der Waals surface area (Å²) in [6.07, 6.45) is 1.79. The van der Waals surface area contributed by atoms with Gasteiger partial charge in [-0.05, 0) is 0 Å². The zero-order valence-electron chi connectivity index (χ0n) is 10.5. The molecule has 2 aromatic rings. The van der Waals surface area contributed by atoms with E-state index < -0.39 is 15.4 Å². The Morgan fingerprint density at radius 1 is 1.05 bits per heavy atom. The van der Waals surface area contributed by atoms with Crippen LogP contribution in [-0.4, -0.2) is 21.1 Å². The van der Waals surface area contributed by atoms with Gasteiger partial charge in [0.2, 0.25) is 0 Å². The zero-order valence-corrected chi connectivity index (χ0v) is 13.5. The molecule has 0 atom stereocenters. The molecule has 0 radical (unpaired) electrons. The summed E-state index contributed by atoms with van der Waals surface area (Å²) in [5.41, 5.74) is 16.9. The van der Waals surface area contributed by atoms with E-state index in [0.29, 0.717) is 5.71 Å². The first-order valence-electron chi connectivity index (χ1n) is 6.12. The number of benzene rings is 2. The number of rotatable bonds is 1. The third-order valence-corrected chi connectivity index (χ3v) is 7.52. The van der Waals surface area contributed by atoms with Crippen molar-refractivity contribution in [1.82, 2.24) is 0 Å². The Balaban J connectivity index is 2.27. The molecule has 1 heterocycles. The average Bonchev–Trinajstić information content (AvgIpc) is 2.37. The molecular formula is C15H15GeN3. The van der Waals surface area contributed by atoms with Crippen LogP contribution in [-0.2, 0) is 0 Å². The van der Waals surface area contributed by atoms with Crippen LogP contribution >= 0.6 is 0 Å². The third kappa shape index (κ3) is 1.86. The van der Waals surface area contributed by atoms with Gasteiger partial charge in [-0.2, -0.15) is 0 Å². The number of nitrogen functional groups attached to an aromatic ring is 2. The summed E-state index contributed by atoms with van der Waals surface area (Å²) in [7, 11) is 0. The molecule has 4 heteroatoms. The fourth-order valence-corrected chi connectivity index (χ4v) is 7.17. The molecule has 0 bridgehead atoms. The molecule has 0 aliphatic carbocycles. The summed E-state index contributed by atoms with van der Waals surface area (Å²) in [5, 5.41) is 8.44. The number of hydrogen-bond acceptors (Lipinski definition) is 3. The summed E-state index contributed by atoms with van der Waals surface area (Å²) in [5.74, 6) is 0. The van der Waals surface area contributed by atoms with E-state index in [0.717, 1.165) is 28.1 Å². The molecule has 3 nitrogen and oxygen atoms in total. The molecule has 94 valence electrons. The maximum atomic E-state index is 8.44. The predicted octanol–water partition coefficient (Wildman–Crippen LogP) is 0.343. The molecule has 0 unspecified atom stereocenters. The minimum absolute atomic E-state index is 0.566. The summed E-state index contributed by atoms with van der Waals surface area (Å²) in [6.45, 7) is 3.83. The maximum absolute atomic E-state index is 8.44. The molecule has 1 aliphatic rings. The Bertz CT molecular complexity index is 720. The van der Waals surface area contributed by atoms with Gasteiger partial charge in [0.15, 0.2) is 0 Å². The van der Waals surface area contributed by atoms with Crippen molar-refractivity contribution >= 4 is 47.4 Å². The van der Waals surface area contributed by atoms with Crippen molar-refractivity contribution in [3.05, 3.63) is 53.6 Å². The fourth-order valence-electron chi connectivity index (χ4n) is 2.70. The molecule has 0 aromatic heterocycles. The van der Waals surface area contributed by atoms with E-state index in [4.69, 9.17) is 16.9 Å². The van der Waals surface area contributed by atoms with Gasteiger partial charge >= 0.3 is 118 Å². The molecule has 2 aromatic carbocycles. The number of anilines is 2. The molecule has 0 fully saturated rings. The molecule has 0 amide bonds. The first kappa shape index (κ1) is 12.0. The van der Waals surface area contributed by atoms with E-state index in [1.807, 2.05) is 30.3 Å². The standard InChI is InChI=1S/C15H15GeN3/c1-2-8-5-10(18)7-13-14(8)15(19)11-4-3-9(17)6-12(11)16-13/h2-7,19H,1,16-18H2. The Hall–Kier alpha value is -2.01. The van der Waals surface area contributed by atoms with Gasteiger partial charge in [0.25, 0.3) is 0 Å². The predicted molar refractivity (Wildman–Crippen MR) is 85.5 cm³/mol. The van der Waals surface area contributed by atoms with Crippen molar-refractivity contribution in [2.75, 3.05) is 11.5 Å². The monoisotopic (exact) mass is 311 g/mol. The molecule has 0 spiro atoms. The Morgan fingerprint density at radius 3 is 2.53 bits per heavy atom. The molecule has 1 aliphatic heterocycles. The van der Waals surface area contributed by atoms with Crippen LogP contribution in [0.5, 0.6) is 0 Å². The van der Waals surface area contributed by atoms with Crippen LogP contribution < -0.4 is 20.3 Å². The van der Waals surface area contributed by atoms with Crippen LogP contribution in [0.15, 0.2) is 36.9 Å². The summed E-state index contributed by atoms with van der Waals surface area (Å²) >= 11 is -1.14. The second-order valence-corrected chi connectivity index (χ2v) is 8.76. The van der Waals surface area contributed by atoms with E-state index >= 15 is 0 Å². The SMILES string of the molecule is C=Cc1cc(N)c[c]2c1C(=N)c1ccc(N)c[c]1[GeH2]2. The second-order valence-electron chi connectivity index (χ2n) is 4.82. The number of fused-ring (bicyclic) bond motifs is 2. The van der Waals surface area contributed by atoms with E-state index in [9.17, 15) is 0 Å². The van der Waals surface area contributed by atoms with Crippen molar-refractivity contribution < 1.29 is 0 Å². The van der Waals surface area contributed by atoms with Crippen molar-refractivity contribution in [2.24, 2.45) is 0 Å². The van der Waals surface area contributed by atoms with Gasteiger partial charge < -0.3 is 0 Å². The van der Waals surface area contributed by atoms with Crippen molar-refractivity contribution in [3.8, 4) is 0 Å². The molecule has 0 saturated carbocycles. The van der Waals surface area contributed by atoms with Gasteiger partial charge in [0.1, 0.15) is 0 Å². The first-order chi connectivity index (χ1) is 9.10. The quantitative estimate of drug-likeness (QED) is 0.448. The Kier molecular flexibility index (Phi) is 2.71. The number of nitrogens with one attached hydrogen (secondary N) is 1. The average molecular weight is 310 g/mol. The summed E-state index contributed by atoms with van der Waals surface area (Å²) in [4.78, 5) is 0. The molecule has 5 N–H and O–H groups in total. The molecule has 0 saturated heterocycles. The van der Waals surface area contributed by atoms with Crippen molar-refractivity contribution in [2.45, 2.75) is 0 Å². The van der Waals surface area contributed by atoms with Crippen LogP contribution in [0.25, 0.3) is 6.08 Å². The Morgan fingerprint density at radius 2 is 1.79 bits per heavy atom. The normalized spacial score (nSPS) is 14.0. The Labute approximate surface area is 118 Å². The minimum atomic E-state index is -1.14. The van der Waals surface area contributed by atoms with Crippen LogP contribution in [0.2, 0.25) is 0 Å². The summed E-state index contributed by atoms with van der Waals surface area (Å²) in [6, 6.07) is 9.76. The van der Waals surface area contributed by atoms with Gasteiger partial charge in [0, 0.05) is 0 Å². The van der Waals surface area contributed by atoms with E-state index in [-0.39, 0.29) is 0 Å². The van der Waals surface area contributed by atoms with E-state index in [2.05, 4.69) is 6.58 Å². The third-order valence-electron chi connectivity index (χ3n) is 3.52. The van der Waals surface area contributed by atoms with Gasteiger partial charge in [-0.3, -0.25) is 0 Å². The van der Waals surface area contributed by atoms with Crippen molar-refractivity contribution in [3.63, 3.8) is 0 Å². The molecular weight excluding hydrogens is 295 g/mol. The molecule has 3 rings (SSSR count). The zero-order chi connectivity index (χ0) is 13.6. The van der Waals surface area contributed by atoms with Crippen LogP contribution in [0.4, 0.5) is 11.4 Å². The van der Waals surface area contributed by atoms with E-state index in [1.54, 1.807) is 6.08 Å². The van der Waals surface area contributed by atoms with Gasteiger partial charge in [-0.15, -0.1) is 0 Å². The van der Waals surface area contributed by atoms with Crippen LogP contribution in [0.3, 0.4) is 0 Å².